The predicted octanol–water partition coefficient (Wildman–Crippen LogP) is 3.13. The number of hydrogen-bond donors (Lipinski definition) is 1. The molecule has 0 aliphatic carbocycles. The number of ether oxygens (including phenoxy) is 1. The molecule has 1 aromatic carbocycles. The predicted molar refractivity (Wildman–Crippen MR) is 106 cm³/mol. The Balaban J connectivity index is 2.15. The molecule has 0 aromatic heterocycles. The van der Waals surface area contributed by atoms with Gasteiger partial charge in [-0.05, 0) is 49.8 Å². The fraction of sp³-hybridized carbons (Fsp3) is 0.650. The van der Waals surface area contributed by atoms with Gasteiger partial charge in [0.15, 0.2) is 0 Å². The summed E-state index contributed by atoms with van der Waals surface area (Å²) in [4.78, 5) is 12.5. The molecule has 6 nitrogen and oxygen atoms in total. The third kappa shape index (κ3) is 5.02. The quantitative estimate of drug-likeness (QED) is 0.768. The lowest BCUT2D eigenvalue weighted by Gasteiger charge is -2.31. The second kappa shape index (κ2) is 9.06. The number of carbonyl (C=O) groups is 1. The van der Waals surface area contributed by atoms with Crippen molar-refractivity contribution in [2.75, 3.05) is 20.2 Å². The third-order valence-electron chi connectivity index (χ3n) is 5.30. The number of amides is 1. The van der Waals surface area contributed by atoms with Crippen LogP contribution in [0.15, 0.2) is 23.1 Å². The average molecular weight is 397 g/mol. The molecule has 152 valence electrons. The molecular weight excluding hydrogens is 364 g/mol. The largest absolute Gasteiger partial charge is 0.495 e. The van der Waals surface area contributed by atoms with E-state index < -0.39 is 10.0 Å². The summed E-state index contributed by atoms with van der Waals surface area (Å²) < 4.78 is 33.2. The highest BCUT2D eigenvalue weighted by atomic mass is 32.2. The van der Waals surface area contributed by atoms with Gasteiger partial charge in [0.2, 0.25) is 15.9 Å². The van der Waals surface area contributed by atoms with Crippen molar-refractivity contribution in [2.24, 2.45) is 5.92 Å². The van der Waals surface area contributed by atoms with E-state index in [9.17, 15) is 13.2 Å². The van der Waals surface area contributed by atoms with Crippen LogP contribution < -0.4 is 10.1 Å². The van der Waals surface area contributed by atoms with Gasteiger partial charge in [0.25, 0.3) is 0 Å². The smallest absolute Gasteiger partial charge is 0.246 e. The van der Waals surface area contributed by atoms with E-state index in [1.54, 1.807) is 12.1 Å². The van der Waals surface area contributed by atoms with E-state index in [1.807, 2.05) is 33.8 Å². The van der Waals surface area contributed by atoms with E-state index in [4.69, 9.17) is 4.74 Å². The van der Waals surface area contributed by atoms with Crippen LogP contribution in [0.4, 0.5) is 0 Å². The molecule has 1 amide bonds. The fourth-order valence-electron chi connectivity index (χ4n) is 3.21. The molecule has 0 saturated carbocycles. The molecular formula is C20H32N2O4S. The topological polar surface area (TPSA) is 75.7 Å². The first kappa shape index (κ1) is 21.7. The summed E-state index contributed by atoms with van der Waals surface area (Å²) in [5.74, 6) is 0.478. The molecule has 1 saturated heterocycles. The Morgan fingerprint density at radius 2 is 1.89 bits per heavy atom. The van der Waals surface area contributed by atoms with Crippen molar-refractivity contribution in [3.63, 3.8) is 0 Å². The van der Waals surface area contributed by atoms with Gasteiger partial charge in [0.05, 0.1) is 7.11 Å². The van der Waals surface area contributed by atoms with Crippen LogP contribution in [0.1, 0.15) is 58.4 Å². The highest BCUT2D eigenvalue weighted by molar-refractivity contribution is 7.89. The second-order valence-electron chi connectivity index (χ2n) is 7.56. The lowest BCUT2D eigenvalue weighted by molar-refractivity contribution is -0.126. The molecule has 0 radical (unpaired) electrons. The fourth-order valence-corrected chi connectivity index (χ4v) is 4.87. The van der Waals surface area contributed by atoms with Gasteiger partial charge in [-0.1, -0.05) is 26.8 Å². The summed E-state index contributed by atoms with van der Waals surface area (Å²) in [7, 11) is -2.18. The maximum Gasteiger partial charge on any atom is 0.246 e. The molecule has 1 aromatic rings. The zero-order valence-corrected chi connectivity index (χ0v) is 17.8. The molecule has 1 N–H and O–H groups in total. The van der Waals surface area contributed by atoms with Crippen molar-refractivity contribution in [3.8, 4) is 5.75 Å². The van der Waals surface area contributed by atoms with Gasteiger partial charge < -0.3 is 10.1 Å². The van der Waals surface area contributed by atoms with Crippen LogP contribution in [0.3, 0.4) is 0 Å². The Hall–Kier alpha value is -1.60. The van der Waals surface area contributed by atoms with Crippen molar-refractivity contribution in [1.29, 1.82) is 0 Å². The molecule has 1 atom stereocenters. The Morgan fingerprint density at radius 3 is 2.41 bits per heavy atom. The normalized spacial score (nSPS) is 17.7. The minimum atomic E-state index is -3.66. The highest BCUT2D eigenvalue weighted by Gasteiger charge is 2.34. The lowest BCUT2D eigenvalue weighted by Crippen LogP contribution is -2.44. The zero-order chi connectivity index (χ0) is 20.2. The van der Waals surface area contributed by atoms with Gasteiger partial charge in [0.1, 0.15) is 10.6 Å². The van der Waals surface area contributed by atoms with Gasteiger partial charge in [-0.3, -0.25) is 4.79 Å². The van der Waals surface area contributed by atoms with Crippen LogP contribution in [0, 0.1) is 5.92 Å². The Kier molecular flexibility index (Phi) is 7.28. The number of carbonyl (C=O) groups excluding carboxylic acids is 1. The molecule has 7 heteroatoms. The maximum atomic E-state index is 13.2. The summed E-state index contributed by atoms with van der Waals surface area (Å²) in [6, 6.07) is 5.46. The van der Waals surface area contributed by atoms with Crippen molar-refractivity contribution < 1.29 is 17.9 Å². The van der Waals surface area contributed by atoms with Gasteiger partial charge >= 0.3 is 0 Å². The van der Waals surface area contributed by atoms with Crippen LogP contribution in [0.5, 0.6) is 5.75 Å². The van der Waals surface area contributed by atoms with Crippen LogP contribution in [0.2, 0.25) is 0 Å². The number of sulfonamides is 1. The second-order valence-corrected chi connectivity index (χ2v) is 9.47. The van der Waals surface area contributed by atoms with E-state index in [0.29, 0.717) is 31.7 Å². The number of hydrogen-bond acceptors (Lipinski definition) is 4. The number of piperidine rings is 1. The molecule has 0 bridgehead atoms. The minimum absolute atomic E-state index is 0.0285. The van der Waals surface area contributed by atoms with E-state index in [-0.39, 0.29) is 28.7 Å². The first-order chi connectivity index (χ1) is 12.7. The first-order valence-corrected chi connectivity index (χ1v) is 11.1. The molecule has 0 unspecified atom stereocenters. The van der Waals surface area contributed by atoms with Gasteiger partial charge in [-0.15, -0.1) is 0 Å². The Morgan fingerprint density at radius 1 is 1.26 bits per heavy atom. The number of benzene rings is 1. The monoisotopic (exact) mass is 396 g/mol. The van der Waals surface area contributed by atoms with E-state index in [2.05, 4.69) is 5.32 Å². The molecule has 0 spiro atoms. The number of nitrogens with zero attached hydrogens (tertiary/aromatic N) is 1. The maximum absolute atomic E-state index is 13.2. The van der Waals surface area contributed by atoms with Gasteiger partial charge in [0, 0.05) is 25.0 Å². The number of methoxy groups -OCH3 is 1. The highest BCUT2D eigenvalue weighted by Crippen LogP contribution is 2.32. The van der Waals surface area contributed by atoms with Crippen LogP contribution in [0.25, 0.3) is 0 Å². The average Bonchev–Trinajstić information content (AvgIpc) is 2.67. The van der Waals surface area contributed by atoms with Gasteiger partial charge in [-0.25, -0.2) is 8.42 Å². The summed E-state index contributed by atoms with van der Waals surface area (Å²) in [5.41, 5.74) is 0.956. The third-order valence-corrected chi connectivity index (χ3v) is 7.22. The molecule has 1 aliphatic rings. The summed E-state index contributed by atoms with van der Waals surface area (Å²) in [6.45, 7) is 8.75. The standard InChI is InChI=1S/C20H32N2O4S/c1-6-15(4)21-20(23)16-9-11-22(12-10-16)27(24,25)19-13-17(14(2)3)7-8-18(19)26-5/h7-8,13-16H,6,9-12H2,1-5H3,(H,21,23)/t15-/m1/s1. The summed E-state index contributed by atoms with van der Waals surface area (Å²) in [5, 5.41) is 3.00. The van der Waals surface area contributed by atoms with Crippen molar-refractivity contribution in [1.82, 2.24) is 9.62 Å². The molecule has 2 rings (SSSR count). The molecule has 1 fully saturated rings. The summed E-state index contributed by atoms with van der Waals surface area (Å²) >= 11 is 0. The minimum Gasteiger partial charge on any atom is -0.495 e. The number of nitrogens with one attached hydrogen (secondary N) is 1. The van der Waals surface area contributed by atoms with Crippen molar-refractivity contribution >= 4 is 15.9 Å². The lowest BCUT2D eigenvalue weighted by atomic mass is 9.97. The van der Waals surface area contributed by atoms with E-state index in [0.717, 1.165) is 12.0 Å². The van der Waals surface area contributed by atoms with Crippen molar-refractivity contribution in [3.05, 3.63) is 23.8 Å². The van der Waals surface area contributed by atoms with Crippen LogP contribution in [-0.4, -0.2) is 44.9 Å². The van der Waals surface area contributed by atoms with Gasteiger partial charge in [-0.2, -0.15) is 4.31 Å². The summed E-state index contributed by atoms with van der Waals surface area (Å²) in [6.07, 6.45) is 1.95. The van der Waals surface area contributed by atoms with E-state index >= 15 is 0 Å². The number of rotatable bonds is 7. The Labute approximate surface area is 163 Å². The van der Waals surface area contributed by atoms with Crippen molar-refractivity contribution in [2.45, 2.75) is 63.8 Å². The molecule has 27 heavy (non-hydrogen) atoms. The SMILES string of the molecule is CC[C@@H](C)NC(=O)C1CCN(S(=O)(=O)c2cc(C(C)C)ccc2OC)CC1. The van der Waals surface area contributed by atoms with Crippen LogP contribution >= 0.6 is 0 Å². The zero-order valence-electron chi connectivity index (χ0n) is 17.0. The molecule has 1 heterocycles. The van der Waals surface area contributed by atoms with E-state index in [1.165, 1.54) is 11.4 Å². The molecule has 1 aliphatic heterocycles. The van der Waals surface area contributed by atoms with Crippen LogP contribution in [-0.2, 0) is 14.8 Å². The first-order valence-electron chi connectivity index (χ1n) is 9.69. The Bertz CT molecular complexity index is 753.